The molecule has 1 N–H and O–H groups in total. The van der Waals surface area contributed by atoms with Crippen LogP contribution in [0.5, 0.6) is 0 Å². The minimum atomic E-state index is 0.869. The van der Waals surface area contributed by atoms with Crippen molar-refractivity contribution >= 4 is 5.96 Å². The Morgan fingerprint density at radius 1 is 1.39 bits per heavy atom. The molecule has 0 radical (unpaired) electrons. The van der Waals surface area contributed by atoms with Crippen LogP contribution < -0.4 is 5.32 Å². The Labute approximate surface area is 110 Å². The standard InChI is InChI=1S/C15H23N3/c1-12-6-4-5-7-14(12)11-18(3)15(16-2)17-10-13-8-9-13/h4-7,13H,8-11H2,1-3H3,(H,16,17). The number of hydrogen-bond donors (Lipinski definition) is 1. The van der Waals surface area contributed by atoms with E-state index >= 15 is 0 Å². The van der Waals surface area contributed by atoms with Crippen LogP contribution in [0, 0.1) is 12.8 Å². The first-order valence-corrected chi connectivity index (χ1v) is 6.67. The van der Waals surface area contributed by atoms with Crippen molar-refractivity contribution in [2.45, 2.75) is 26.3 Å². The Hall–Kier alpha value is -1.51. The number of aryl methyl sites for hydroxylation is 1. The smallest absolute Gasteiger partial charge is 0.193 e. The fourth-order valence-electron chi connectivity index (χ4n) is 2.06. The molecule has 0 aromatic heterocycles. The van der Waals surface area contributed by atoms with Crippen LogP contribution in [-0.2, 0) is 6.54 Å². The lowest BCUT2D eigenvalue weighted by Crippen LogP contribution is -2.39. The molecule has 18 heavy (non-hydrogen) atoms. The van der Waals surface area contributed by atoms with Crippen LogP contribution in [0.25, 0.3) is 0 Å². The van der Waals surface area contributed by atoms with Crippen molar-refractivity contribution in [2.75, 3.05) is 20.6 Å². The Balaban J connectivity index is 1.92. The molecule has 1 aromatic rings. The van der Waals surface area contributed by atoms with Gasteiger partial charge in [-0.1, -0.05) is 24.3 Å². The number of benzene rings is 1. The van der Waals surface area contributed by atoms with Crippen LogP contribution in [0.3, 0.4) is 0 Å². The monoisotopic (exact) mass is 245 g/mol. The molecule has 3 heteroatoms. The fraction of sp³-hybridized carbons (Fsp3) is 0.533. The van der Waals surface area contributed by atoms with E-state index in [4.69, 9.17) is 0 Å². The number of rotatable bonds is 4. The molecule has 3 nitrogen and oxygen atoms in total. The number of nitrogens with one attached hydrogen (secondary N) is 1. The third-order valence-electron chi connectivity index (χ3n) is 3.49. The first-order valence-electron chi connectivity index (χ1n) is 6.67. The molecule has 0 aliphatic heterocycles. The zero-order chi connectivity index (χ0) is 13.0. The molecule has 1 aliphatic rings. The van der Waals surface area contributed by atoms with Gasteiger partial charge in [0.1, 0.15) is 0 Å². The predicted molar refractivity (Wildman–Crippen MR) is 76.7 cm³/mol. The van der Waals surface area contributed by atoms with E-state index in [1.807, 2.05) is 7.05 Å². The maximum atomic E-state index is 4.34. The Morgan fingerprint density at radius 3 is 2.72 bits per heavy atom. The number of hydrogen-bond acceptors (Lipinski definition) is 1. The maximum absolute atomic E-state index is 4.34. The average Bonchev–Trinajstić information content (AvgIpc) is 3.17. The van der Waals surface area contributed by atoms with E-state index in [1.165, 1.54) is 24.0 Å². The second-order valence-electron chi connectivity index (χ2n) is 5.15. The van der Waals surface area contributed by atoms with Crippen molar-refractivity contribution in [2.24, 2.45) is 10.9 Å². The van der Waals surface area contributed by atoms with Crippen molar-refractivity contribution in [3.63, 3.8) is 0 Å². The fourth-order valence-corrected chi connectivity index (χ4v) is 2.06. The second-order valence-corrected chi connectivity index (χ2v) is 5.15. The van der Waals surface area contributed by atoms with Crippen molar-refractivity contribution in [1.29, 1.82) is 0 Å². The van der Waals surface area contributed by atoms with E-state index in [0.29, 0.717) is 0 Å². The molecule has 98 valence electrons. The van der Waals surface area contributed by atoms with Crippen LogP contribution in [0.1, 0.15) is 24.0 Å². The molecular formula is C15H23N3. The highest BCUT2D eigenvalue weighted by atomic mass is 15.3. The molecule has 0 spiro atoms. The first kappa shape index (κ1) is 12.9. The summed E-state index contributed by atoms with van der Waals surface area (Å²) in [6, 6.07) is 8.51. The molecule has 0 unspecified atom stereocenters. The van der Waals surface area contributed by atoms with Crippen LogP contribution in [0.15, 0.2) is 29.3 Å². The van der Waals surface area contributed by atoms with Gasteiger partial charge < -0.3 is 10.2 Å². The van der Waals surface area contributed by atoms with Gasteiger partial charge in [-0.3, -0.25) is 4.99 Å². The highest BCUT2D eigenvalue weighted by Gasteiger charge is 2.21. The Kier molecular flexibility index (Phi) is 4.24. The SMILES string of the molecule is CN=C(NCC1CC1)N(C)Cc1ccccc1C. The molecule has 1 aromatic carbocycles. The molecule has 1 saturated carbocycles. The van der Waals surface area contributed by atoms with Gasteiger partial charge in [-0.2, -0.15) is 0 Å². The highest BCUT2D eigenvalue weighted by Crippen LogP contribution is 2.27. The van der Waals surface area contributed by atoms with Gasteiger partial charge in [0.2, 0.25) is 0 Å². The van der Waals surface area contributed by atoms with E-state index in [0.717, 1.165) is 25.0 Å². The van der Waals surface area contributed by atoms with Crippen molar-refractivity contribution in [3.05, 3.63) is 35.4 Å². The summed E-state index contributed by atoms with van der Waals surface area (Å²) in [5.41, 5.74) is 2.69. The minimum absolute atomic E-state index is 0.869. The number of nitrogens with zero attached hydrogens (tertiary/aromatic N) is 2. The molecular weight excluding hydrogens is 222 g/mol. The van der Waals surface area contributed by atoms with E-state index in [2.05, 4.69) is 53.4 Å². The van der Waals surface area contributed by atoms with E-state index in [-0.39, 0.29) is 0 Å². The largest absolute Gasteiger partial charge is 0.356 e. The van der Waals surface area contributed by atoms with Gasteiger partial charge in [0.25, 0.3) is 0 Å². The third-order valence-corrected chi connectivity index (χ3v) is 3.49. The molecule has 0 atom stereocenters. The molecule has 0 amide bonds. The van der Waals surface area contributed by atoms with Crippen molar-refractivity contribution in [1.82, 2.24) is 10.2 Å². The molecule has 0 bridgehead atoms. The van der Waals surface area contributed by atoms with Crippen molar-refractivity contribution in [3.8, 4) is 0 Å². The molecule has 1 aliphatic carbocycles. The molecule has 0 saturated heterocycles. The van der Waals surface area contributed by atoms with Gasteiger partial charge >= 0.3 is 0 Å². The Morgan fingerprint density at radius 2 is 2.11 bits per heavy atom. The van der Waals surface area contributed by atoms with Gasteiger partial charge in [0, 0.05) is 27.2 Å². The molecule has 2 rings (SSSR count). The topological polar surface area (TPSA) is 27.6 Å². The van der Waals surface area contributed by atoms with Crippen molar-refractivity contribution < 1.29 is 0 Å². The predicted octanol–water partition coefficient (Wildman–Crippen LogP) is 2.41. The minimum Gasteiger partial charge on any atom is -0.356 e. The van der Waals surface area contributed by atoms with E-state index in [1.54, 1.807) is 0 Å². The van der Waals surface area contributed by atoms with Gasteiger partial charge in [0.05, 0.1) is 0 Å². The van der Waals surface area contributed by atoms with Crippen LogP contribution >= 0.6 is 0 Å². The average molecular weight is 245 g/mol. The second kappa shape index (κ2) is 5.89. The Bertz CT molecular complexity index is 422. The first-order chi connectivity index (χ1) is 8.70. The third kappa shape index (κ3) is 3.49. The zero-order valence-corrected chi connectivity index (χ0v) is 11.6. The van der Waals surface area contributed by atoms with Gasteiger partial charge in [-0.25, -0.2) is 0 Å². The molecule has 1 fully saturated rings. The number of aliphatic imine (C=N–C) groups is 1. The summed E-state index contributed by atoms with van der Waals surface area (Å²) in [5.74, 6) is 1.86. The highest BCUT2D eigenvalue weighted by molar-refractivity contribution is 5.79. The van der Waals surface area contributed by atoms with Gasteiger partial charge in [0.15, 0.2) is 5.96 Å². The van der Waals surface area contributed by atoms with Crippen LogP contribution in [0.4, 0.5) is 0 Å². The van der Waals surface area contributed by atoms with E-state index < -0.39 is 0 Å². The summed E-state index contributed by atoms with van der Waals surface area (Å²) in [6.07, 6.45) is 2.73. The normalized spacial score (nSPS) is 15.6. The lowest BCUT2D eigenvalue weighted by molar-refractivity contribution is 0.473. The van der Waals surface area contributed by atoms with Crippen LogP contribution in [0.2, 0.25) is 0 Å². The maximum Gasteiger partial charge on any atom is 0.193 e. The van der Waals surface area contributed by atoms with Crippen LogP contribution in [-0.4, -0.2) is 31.5 Å². The summed E-state index contributed by atoms with van der Waals surface area (Å²) in [6.45, 7) is 4.12. The lowest BCUT2D eigenvalue weighted by atomic mass is 10.1. The summed E-state index contributed by atoms with van der Waals surface area (Å²) in [5, 5.41) is 3.45. The zero-order valence-electron chi connectivity index (χ0n) is 11.6. The van der Waals surface area contributed by atoms with E-state index in [9.17, 15) is 0 Å². The van der Waals surface area contributed by atoms with Gasteiger partial charge in [-0.05, 0) is 36.8 Å². The summed E-state index contributed by atoms with van der Waals surface area (Å²) in [7, 11) is 3.94. The summed E-state index contributed by atoms with van der Waals surface area (Å²) in [4.78, 5) is 6.53. The van der Waals surface area contributed by atoms with Gasteiger partial charge in [-0.15, -0.1) is 0 Å². The lowest BCUT2D eigenvalue weighted by Gasteiger charge is -2.23. The quantitative estimate of drug-likeness (QED) is 0.651. The number of guanidine groups is 1. The molecule has 0 heterocycles. The summed E-state index contributed by atoms with van der Waals surface area (Å²) >= 11 is 0. The summed E-state index contributed by atoms with van der Waals surface area (Å²) < 4.78 is 0.